The van der Waals surface area contributed by atoms with E-state index in [0.717, 1.165) is 11.1 Å². The van der Waals surface area contributed by atoms with Gasteiger partial charge in [0.2, 0.25) is 0 Å². The van der Waals surface area contributed by atoms with E-state index in [0.29, 0.717) is 23.6 Å². The lowest BCUT2D eigenvalue weighted by Gasteiger charge is -2.10. The number of oxime groups is 1. The van der Waals surface area contributed by atoms with Gasteiger partial charge in [0.05, 0.1) is 5.69 Å². The maximum atomic E-state index is 12.6. The maximum absolute atomic E-state index is 12.6. The quantitative estimate of drug-likeness (QED) is 0.787. The number of para-hydroxylation sites is 1. The topological polar surface area (TPSA) is 81.4 Å². The maximum Gasteiger partial charge on any atom is 0.273 e. The van der Waals surface area contributed by atoms with E-state index < -0.39 is 0 Å². The third-order valence-electron chi connectivity index (χ3n) is 4.23. The van der Waals surface area contributed by atoms with Crippen LogP contribution in [-0.4, -0.2) is 26.4 Å². The Kier molecular flexibility index (Phi) is 4.18. The van der Waals surface area contributed by atoms with E-state index >= 15 is 0 Å². The number of nitrogens with one attached hydrogen (secondary N) is 1. The molecular formula is C19H17N5O2. The van der Waals surface area contributed by atoms with E-state index in [1.807, 2.05) is 61.6 Å². The lowest BCUT2D eigenvalue weighted by Crippen LogP contribution is -2.22. The molecule has 130 valence electrons. The molecular weight excluding hydrogens is 330 g/mol. The van der Waals surface area contributed by atoms with Crippen molar-refractivity contribution in [1.29, 1.82) is 0 Å². The first-order valence-electron chi connectivity index (χ1n) is 8.25. The highest BCUT2D eigenvalue weighted by Gasteiger charge is 2.27. The van der Waals surface area contributed by atoms with Crippen LogP contribution in [0.1, 0.15) is 18.1 Å². The molecule has 0 aliphatic carbocycles. The van der Waals surface area contributed by atoms with Crippen molar-refractivity contribution in [2.45, 2.75) is 12.5 Å². The van der Waals surface area contributed by atoms with Crippen LogP contribution in [0.15, 0.2) is 66.1 Å². The van der Waals surface area contributed by atoms with Crippen molar-refractivity contribution in [1.82, 2.24) is 14.8 Å². The summed E-state index contributed by atoms with van der Waals surface area (Å²) in [5.74, 6) is 0.394. The van der Waals surface area contributed by atoms with Gasteiger partial charge in [-0.3, -0.25) is 4.79 Å². The molecule has 0 spiro atoms. The SMILES string of the molecule is Cn1cnnc1-c1ccccc1NC(=O)C1=NO[C@@H](c2ccccc2)C1. The van der Waals surface area contributed by atoms with Crippen molar-refractivity contribution in [2.24, 2.45) is 12.2 Å². The summed E-state index contributed by atoms with van der Waals surface area (Å²) < 4.78 is 1.80. The number of hydrogen-bond donors (Lipinski definition) is 1. The molecule has 1 amide bonds. The van der Waals surface area contributed by atoms with Crippen LogP contribution in [-0.2, 0) is 16.7 Å². The Hall–Kier alpha value is -3.48. The van der Waals surface area contributed by atoms with Crippen LogP contribution in [0.2, 0.25) is 0 Å². The molecule has 0 saturated carbocycles. The van der Waals surface area contributed by atoms with Crippen LogP contribution in [0.4, 0.5) is 5.69 Å². The van der Waals surface area contributed by atoms with Crippen molar-refractivity contribution in [2.75, 3.05) is 5.32 Å². The minimum atomic E-state index is -0.280. The zero-order chi connectivity index (χ0) is 17.9. The number of anilines is 1. The molecule has 1 atom stereocenters. The van der Waals surface area contributed by atoms with Crippen LogP contribution < -0.4 is 5.32 Å². The smallest absolute Gasteiger partial charge is 0.273 e. The third kappa shape index (κ3) is 3.06. The van der Waals surface area contributed by atoms with Crippen LogP contribution >= 0.6 is 0 Å². The standard InChI is InChI=1S/C19H17N5O2/c1-24-12-20-22-18(24)14-9-5-6-10-15(14)21-19(25)16-11-17(26-23-16)13-7-3-2-4-8-13/h2-10,12,17H,11H2,1H3,(H,21,25)/t17-/m1/s1. The largest absolute Gasteiger partial charge is 0.387 e. The van der Waals surface area contributed by atoms with Crippen molar-refractivity contribution in [3.63, 3.8) is 0 Å². The zero-order valence-corrected chi connectivity index (χ0v) is 14.2. The predicted molar refractivity (Wildman–Crippen MR) is 97.4 cm³/mol. The fourth-order valence-electron chi connectivity index (χ4n) is 2.87. The summed E-state index contributed by atoms with van der Waals surface area (Å²) in [5.41, 5.74) is 2.81. The molecule has 0 bridgehead atoms. The second-order valence-electron chi connectivity index (χ2n) is 6.01. The summed E-state index contributed by atoms with van der Waals surface area (Å²) >= 11 is 0. The van der Waals surface area contributed by atoms with E-state index in [4.69, 9.17) is 4.84 Å². The number of hydrogen-bond acceptors (Lipinski definition) is 5. The van der Waals surface area contributed by atoms with Crippen molar-refractivity contribution >= 4 is 17.3 Å². The molecule has 0 saturated heterocycles. The molecule has 0 unspecified atom stereocenters. The van der Waals surface area contributed by atoms with Gasteiger partial charge < -0.3 is 14.7 Å². The van der Waals surface area contributed by atoms with Gasteiger partial charge in [-0.05, 0) is 17.7 Å². The number of carbonyl (C=O) groups is 1. The summed E-state index contributed by atoms with van der Waals surface area (Å²) in [6, 6.07) is 17.2. The molecule has 26 heavy (non-hydrogen) atoms. The number of rotatable bonds is 4. The predicted octanol–water partition coefficient (Wildman–Crippen LogP) is 2.94. The molecule has 4 rings (SSSR count). The van der Waals surface area contributed by atoms with Gasteiger partial charge in [-0.25, -0.2) is 0 Å². The summed E-state index contributed by atoms with van der Waals surface area (Å²) in [5, 5.41) is 14.9. The highest BCUT2D eigenvalue weighted by atomic mass is 16.6. The van der Waals surface area contributed by atoms with Gasteiger partial charge in [0.15, 0.2) is 11.9 Å². The molecule has 1 aromatic heterocycles. The number of amides is 1. The molecule has 0 radical (unpaired) electrons. The molecule has 1 N–H and O–H groups in total. The van der Waals surface area contributed by atoms with Crippen molar-refractivity contribution < 1.29 is 9.63 Å². The zero-order valence-electron chi connectivity index (χ0n) is 14.2. The molecule has 1 aliphatic heterocycles. The van der Waals surface area contributed by atoms with Crippen molar-refractivity contribution in [3.05, 3.63) is 66.5 Å². The fraction of sp³-hybridized carbons (Fsp3) is 0.158. The Morgan fingerprint density at radius 3 is 2.69 bits per heavy atom. The first-order valence-corrected chi connectivity index (χ1v) is 8.25. The molecule has 2 aromatic carbocycles. The number of nitrogens with zero attached hydrogens (tertiary/aromatic N) is 4. The Morgan fingerprint density at radius 1 is 1.15 bits per heavy atom. The van der Waals surface area contributed by atoms with Gasteiger partial charge in [-0.2, -0.15) is 0 Å². The second-order valence-corrected chi connectivity index (χ2v) is 6.01. The van der Waals surface area contributed by atoms with Crippen LogP contribution in [0.3, 0.4) is 0 Å². The number of carbonyl (C=O) groups excluding carboxylic acids is 1. The van der Waals surface area contributed by atoms with Crippen LogP contribution in [0.5, 0.6) is 0 Å². The molecule has 7 heteroatoms. The Morgan fingerprint density at radius 2 is 1.92 bits per heavy atom. The first-order chi connectivity index (χ1) is 12.7. The summed E-state index contributed by atoms with van der Waals surface area (Å²) in [6.07, 6.45) is 1.82. The summed E-state index contributed by atoms with van der Waals surface area (Å²) in [7, 11) is 1.85. The molecule has 1 aliphatic rings. The molecule has 7 nitrogen and oxygen atoms in total. The van der Waals surface area contributed by atoms with Gasteiger partial charge in [0, 0.05) is 19.0 Å². The normalized spacial score (nSPS) is 16.0. The van der Waals surface area contributed by atoms with E-state index in [-0.39, 0.29) is 12.0 Å². The molecule has 2 heterocycles. The Bertz CT molecular complexity index is 965. The average Bonchev–Trinajstić information content (AvgIpc) is 3.32. The van der Waals surface area contributed by atoms with Crippen LogP contribution in [0, 0.1) is 0 Å². The van der Waals surface area contributed by atoms with E-state index in [1.165, 1.54) is 0 Å². The molecule has 3 aromatic rings. The Balaban J connectivity index is 1.51. The summed E-state index contributed by atoms with van der Waals surface area (Å²) in [4.78, 5) is 18.1. The lowest BCUT2D eigenvalue weighted by atomic mass is 10.0. The van der Waals surface area contributed by atoms with E-state index in [9.17, 15) is 4.79 Å². The van der Waals surface area contributed by atoms with Crippen LogP contribution in [0.25, 0.3) is 11.4 Å². The Labute approximate surface area is 150 Å². The first kappa shape index (κ1) is 16.0. The van der Waals surface area contributed by atoms with E-state index in [1.54, 1.807) is 10.9 Å². The highest BCUT2D eigenvalue weighted by Crippen LogP contribution is 2.29. The number of aryl methyl sites for hydroxylation is 1. The fourth-order valence-corrected chi connectivity index (χ4v) is 2.87. The third-order valence-corrected chi connectivity index (χ3v) is 4.23. The van der Waals surface area contributed by atoms with Gasteiger partial charge in [0.1, 0.15) is 12.0 Å². The van der Waals surface area contributed by atoms with Gasteiger partial charge in [-0.1, -0.05) is 47.6 Å². The molecule has 0 fully saturated rings. The lowest BCUT2D eigenvalue weighted by molar-refractivity contribution is -0.110. The minimum absolute atomic E-state index is 0.231. The second kappa shape index (κ2) is 6.79. The van der Waals surface area contributed by atoms with E-state index in [2.05, 4.69) is 20.7 Å². The average molecular weight is 347 g/mol. The van der Waals surface area contributed by atoms with Gasteiger partial charge >= 0.3 is 0 Å². The highest BCUT2D eigenvalue weighted by molar-refractivity contribution is 6.43. The number of benzene rings is 2. The monoisotopic (exact) mass is 347 g/mol. The van der Waals surface area contributed by atoms with Crippen molar-refractivity contribution in [3.8, 4) is 11.4 Å². The van der Waals surface area contributed by atoms with Gasteiger partial charge in [0.25, 0.3) is 5.91 Å². The number of aromatic nitrogens is 3. The summed E-state index contributed by atoms with van der Waals surface area (Å²) in [6.45, 7) is 0. The van der Waals surface area contributed by atoms with Gasteiger partial charge in [-0.15, -0.1) is 10.2 Å². The minimum Gasteiger partial charge on any atom is -0.387 e.